The van der Waals surface area contributed by atoms with E-state index < -0.39 is 37.2 Å². The zero-order valence-corrected chi connectivity index (χ0v) is 16.9. The normalized spacial score (nSPS) is 18.7. The van der Waals surface area contributed by atoms with Crippen LogP contribution in [0.5, 0.6) is 0 Å². The molecule has 182 valence electrons. The number of aromatic nitrogens is 4. The topological polar surface area (TPSA) is 104 Å². The quantitative estimate of drug-likeness (QED) is 0.518. The summed E-state index contributed by atoms with van der Waals surface area (Å²) in [5.41, 5.74) is 0.536. The number of aryl methyl sites for hydroxylation is 1. The summed E-state index contributed by atoms with van der Waals surface area (Å²) < 4.78 is 88.5. The molecule has 1 N–H and O–H groups in total. The van der Waals surface area contributed by atoms with Crippen LogP contribution < -0.4 is 5.32 Å². The minimum absolute atomic E-state index is 0.00484. The number of alkyl halides is 6. The van der Waals surface area contributed by atoms with Gasteiger partial charge in [-0.15, -0.1) is 23.4 Å². The first-order chi connectivity index (χ1) is 15.4. The molecule has 0 atom stereocenters. The highest BCUT2D eigenvalue weighted by molar-refractivity contribution is 5.78. The molecule has 15 heteroatoms. The largest absolute Gasteiger partial charge is 0.522 e. The van der Waals surface area contributed by atoms with E-state index in [0.29, 0.717) is 10.4 Å². The summed E-state index contributed by atoms with van der Waals surface area (Å²) in [6, 6.07) is 0. The summed E-state index contributed by atoms with van der Waals surface area (Å²) >= 11 is 0. The molecule has 0 unspecified atom stereocenters. The fraction of sp³-hybridized carbons (Fsp3) is 0.556. The van der Waals surface area contributed by atoms with Crippen LogP contribution in [0.1, 0.15) is 25.2 Å². The number of nitrogens with one attached hydrogen (secondary N) is 1. The van der Waals surface area contributed by atoms with Gasteiger partial charge in [0.1, 0.15) is 13.2 Å². The first-order valence-corrected chi connectivity index (χ1v) is 9.62. The van der Waals surface area contributed by atoms with Gasteiger partial charge >= 0.3 is 12.5 Å². The lowest BCUT2D eigenvalue weighted by molar-refractivity contribution is -0.357. The maximum atomic E-state index is 12.4. The lowest BCUT2D eigenvalue weighted by Gasteiger charge is -2.34. The van der Waals surface area contributed by atoms with Crippen molar-refractivity contribution in [1.29, 1.82) is 0 Å². The molecule has 9 nitrogen and oxygen atoms in total. The van der Waals surface area contributed by atoms with Gasteiger partial charge in [-0.1, -0.05) is 6.58 Å². The Balaban J connectivity index is 1.35. The van der Waals surface area contributed by atoms with Crippen molar-refractivity contribution in [3.63, 3.8) is 0 Å². The molecule has 2 heterocycles. The molecule has 0 aromatic carbocycles. The molecule has 0 radical (unpaired) electrons. The molecule has 1 amide bonds. The summed E-state index contributed by atoms with van der Waals surface area (Å²) in [5.74, 6) is -0.358. The Morgan fingerprint density at radius 2 is 1.94 bits per heavy atom. The number of halogens is 6. The molecule has 33 heavy (non-hydrogen) atoms. The van der Waals surface area contributed by atoms with Gasteiger partial charge in [0.25, 0.3) is 5.89 Å². The molecule has 1 aliphatic carbocycles. The van der Waals surface area contributed by atoms with Crippen LogP contribution in [-0.2, 0) is 27.2 Å². The molecule has 1 saturated carbocycles. The molecule has 2 aromatic rings. The van der Waals surface area contributed by atoms with E-state index in [1.807, 2.05) is 0 Å². The van der Waals surface area contributed by atoms with Gasteiger partial charge in [0.05, 0.1) is 24.0 Å². The third-order valence-electron chi connectivity index (χ3n) is 4.45. The fourth-order valence-corrected chi connectivity index (χ4v) is 2.90. The SMILES string of the molecule is C=C(CCc1nnc(-c2cnn(CC(F)(F)F)c2)o1)NC(=O)COC1CC(OC(F)(F)F)C1. The van der Waals surface area contributed by atoms with Gasteiger partial charge in [-0.2, -0.15) is 18.3 Å². The van der Waals surface area contributed by atoms with Gasteiger partial charge in [0.15, 0.2) is 0 Å². The number of carbonyl (C=O) groups is 1. The molecule has 0 saturated heterocycles. The zero-order chi connectivity index (χ0) is 24.2. The third kappa shape index (κ3) is 8.16. The Hall–Kier alpha value is -2.94. The maximum Gasteiger partial charge on any atom is 0.522 e. The molecular formula is C18H19F6N5O4. The van der Waals surface area contributed by atoms with Crippen molar-refractivity contribution in [2.45, 2.75) is 57.0 Å². The van der Waals surface area contributed by atoms with Crippen molar-refractivity contribution in [2.75, 3.05) is 6.61 Å². The molecular weight excluding hydrogens is 464 g/mol. The maximum absolute atomic E-state index is 12.4. The van der Waals surface area contributed by atoms with Crippen molar-refractivity contribution in [2.24, 2.45) is 0 Å². The van der Waals surface area contributed by atoms with Crippen LogP contribution in [0.15, 0.2) is 29.1 Å². The highest BCUT2D eigenvalue weighted by Crippen LogP contribution is 2.32. The molecule has 1 aliphatic rings. The smallest absolute Gasteiger partial charge is 0.421 e. The van der Waals surface area contributed by atoms with Crippen molar-refractivity contribution < 1.29 is 45.0 Å². The first-order valence-electron chi connectivity index (χ1n) is 9.62. The second-order valence-electron chi connectivity index (χ2n) is 7.28. The number of rotatable bonds is 10. The van der Waals surface area contributed by atoms with Crippen LogP contribution in [0.2, 0.25) is 0 Å². The third-order valence-corrected chi connectivity index (χ3v) is 4.45. The van der Waals surface area contributed by atoms with Gasteiger partial charge in [-0.25, -0.2) is 0 Å². The van der Waals surface area contributed by atoms with E-state index in [9.17, 15) is 31.1 Å². The summed E-state index contributed by atoms with van der Waals surface area (Å²) in [5, 5.41) is 13.6. The summed E-state index contributed by atoms with van der Waals surface area (Å²) in [4.78, 5) is 11.9. The van der Waals surface area contributed by atoms with Crippen molar-refractivity contribution in [3.8, 4) is 11.5 Å². The Labute approximate surface area is 182 Å². The van der Waals surface area contributed by atoms with Crippen LogP contribution in [0, 0.1) is 0 Å². The predicted molar refractivity (Wildman–Crippen MR) is 97.1 cm³/mol. The lowest BCUT2D eigenvalue weighted by atomic mass is 9.92. The number of allylic oxidation sites excluding steroid dienone is 1. The van der Waals surface area contributed by atoms with Crippen LogP contribution in [0.4, 0.5) is 26.3 Å². The lowest BCUT2D eigenvalue weighted by Crippen LogP contribution is -2.42. The Bertz CT molecular complexity index is 964. The van der Waals surface area contributed by atoms with Gasteiger partial charge in [0, 0.05) is 31.2 Å². The Kier molecular flexibility index (Phi) is 7.41. The van der Waals surface area contributed by atoms with Crippen LogP contribution in [-0.4, -0.2) is 57.2 Å². The number of hydrogen-bond donors (Lipinski definition) is 1. The number of ether oxygens (including phenoxy) is 2. The van der Waals surface area contributed by atoms with E-state index >= 15 is 0 Å². The standard InChI is InChI=1S/C18H19F6N5O4/c1-10(26-14(30)8-31-12-4-13(5-12)33-18(22,23)24)2-3-15-27-28-16(32-15)11-6-25-29(7-11)9-17(19,20)21/h6-7,12-13H,1-5,8-9H2,(H,26,30). The summed E-state index contributed by atoms with van der Waals surface area (Å²) in [6.07, 6.45) is -7.76. The van der Waals surface area contributed by atoms with Gasteiger partial charge in [-0.3, -0.25) is 14.2 Å². The first kappa shape index (κ1) is 24.7. The molecule has 1 fully saturated rings. The van der Waals surface area contributed by atoms with Crippen LogP contribution in [0.3, 0.4) is 0 Å². The molecule has 2 aromatic heterocycles. The van der Waals surface area contributed by atoms with Crippen molar-refractivity contribution in [3.05, 3.63) is 30.6 Å². The van der Waals surface area contributed by atoms with Crippen molar-refractivity contribution in [1.82, 2.24) is 25.3 Å². The minimum Gasteiger partial charge on any atom is -0.421 e. The van der Waals surface area contributed by atoms with E-state index in [1.165, 1.54) is 6.20 Å². The predicted octanol–water partition coefficient (Wildman–Crippen LogP) is 3.14. The number of hydrogen-bond acceptors (Lipinski definition) is 7. The fourth-order valence-electron chi connectivity index (χ4n) is 2.90. The molecule has 0 bridgehead atoms. The second-order valence-corrected chi connectivity index (χ2v) is 7.28. The van der Waals surface area contributed by atoms with Crippen LogP contribution >= 0.6 is 0 Å². The zero-order valence-electron chi connectivity index (χ0n) is 16.9. The van der Waals surface area contributed by atoms with E-state index in [1.54, 1.807) is 0 Å². The van der Waals surface area contributed by atoms with Gasteiger partial charge in [0.2, 0.25) is 11.8 Å². The second kappa shape index (κ2) is 9.91. The molecule has 0 spiro atoms. The average molecular weight is 483 g/mol. The van der Waals surface area contributed by atoms with E-state index in [0.717, 1.165) is 6.20 Å². The summed E-state index contributed by atoms with van der Waals surface area (Å²) in [7, 11) is 0. The highest BCUT2D eigenvalue weighted by atomic mass is 19.4. The number of nitrogens with zero attached hydrogens (tertiary/aromatic N) is 4. The Morgan fingerprint density at radius 1 is 1.21 bits per heavy atom. The number of amides is 1. The van der Waals surface area contributed by atoms with Crippen molar-refractivity contribution >= 4 is 5.91 Å². The molecule has 0 aliphatic heterocycles. The average Bonchev–Trinajstić information content (AvgIpc) is 3.28. The van der Waals surface area contributed by atoms with E-state index in [-0.39, 0.29) is 49.6 Å². The minimum atomic E-state index is -4.70. The number of carbonyl (C=O) groups excluding carboxylic acids is 1. The van der Waals surface area contributed by atoms with Gasteiger partial charge < -0.3 is 14.5 Å². The van der Waals surface area contributed by atoms with Gasteiger partial charge in [-0.05, 0) is 6.42 Å². The highest BCUT2D eigenvalue weighted by Gasteiger charge is 2.40. The summed E-state index contributed by atoms with van der Waals surface area (Å²) in [6.45, 7) is 2.08. The van der Waals surface area contributed by atoms with E-state index in [4.69, 9.17) is 9.15 Å². The monoisotopic (exact) mass is 483 g/mol. The molecule has 3 rings (SSSR count). The van der Waals surface area contributed by atoms with Crippen LogP contribution in [0.25, 0.3) is 11.5 Å². The Morgan fingerprint density at radius 3 is 2.61 bits per heavy atom. The van der Waals surface area contributed by atoms with E-state index in [2.05, 4.69) is 31.9 Å².